The lowest BCUT2D eigenvalue weighted by Gasteiger charge is -2.38. The molecule has 3 rings (SSSR count). The lowest BCUT2D eigenvalue weighted by molar-refractivity contribution is -0.122. The van der Waals surface area contributed by atoms with E-state index < -0.39 is 0 Å². The predicted octanol–water partition coefficient (Wildman–Crippen LogP) is 2.57. The van der Waals surface area contributed by atoms with E-state index >= 15 is 0 Å². The molecule has 110 valence electrons. The number of nitrogens with zero attached hydrogens (tertiary/aromatic N) is 1. The summed E-state index contributed by atoms with van der Waals surface area (Å²) in [5, 5.41) is 13.7. The smallest absolute Gasteiger partial charge is 0.220 e. The van der Waals surface area contributed by atoms with E-state index in [1.165, 1.54) is 0 Å². The Kier molecular flexibility index (Phi) is 3.88. The van der Waals surface area contributed by atoms with Crippen LogP contribution in [0.1, 0.15) is 37.8 Å². The number of carbonyl (C=O) groups excluding carboxylic acids is 1. The van der Waals surface area contributed by atoms with Crippen molar-refractivity contribution in [1.82, 2.24) is 10.3 Å². The molecule has 1 aliphatic carbocycles. The van der Waals surface area contributed by atoms with Crippen molar-refractivity contribution in [1.29, 1.82) is 0 Å². The van der Waals surface area contributed by atoms with Gasteiger partial charge in [-0.15, -0.1) is 0 Å². The largest absolute Gasteiger partial charge is 0.393 e. The zero-order valence-corrected chi connectivity index (χ0v) is 12.1. The summed E-state index contributed by atoms with van der Waals surface area (Å²) in [4.78, 5) is 16.3. The van der Waals surface area contributed by atoms with Crippen LogP contribution in [0.5, 0.6) is 0 Å². The van der Waals surface area contributed by atoms with Crippen LogP contribution in [-0.2, 0) is 4.79 Å². The Bertz CT molecular complexity index is 650. The number of fused-ring (bicyclic) bond motifs is 1. The molecule has 1 aliphatic rings. The SMILES string of the molecule is CCC(=O)N[C@@H](c1cnc2ccccc2c1)C1CC(O)C1. The number of hydrogen-bond acceptors (Lipinski definition) is 3. The number of aliphatic hydroxyl groups excluding tert-OH is 1. The molecular weight excluding hydrogens is 264 g/mol. The van der Waals surface area contributed by atoms with Crippen molar-refractivity contribution in [2.45, 2.75) is 38.3 Å². The Morgan fingerprint density at radius 3 is 2.90 bits per heavy atom. The number of amides is 1. The van der Waals surface area contributed by atoms with Crippen molar-refractivity contribution < 1.29 is 9.90 Å². The quantitative estimate of drug-likeness (QED) is 0.907. The van der Waals surface area contributed by atoms with Gasteiger partial charge in [-0.3, -0.25) is 9.78 Å². The molecule has 0 radical (unpaired) electrons. The van der Waals surface area contributed by atoms with Gasteiger partial charge in [0.15, 0.2) is 0 Å². The van der Waals surface area contributed by atoms with Gasteiger partial charge in [-0.25, -0.2) is 0 Å². The van der Waals surface area contributed by atoms with E-state index in [1.807, 2.05) is 37.4 Å². The number of nitrogens with one attached hydrogen (secondary N) is 1. The third kappa shape index (κ3) is 2.90. The molecule has 1 aromatic heterocycles. The first-order valence-electron chi connectivity index (χ1n) is 7.49. The Morgan fingerprint density at radius 1 is 1.43 bits per heavy atom. The zero-order chi connectivity index (χ0) is 14.8. The number of rotatable bonds is 4. The maximum Gasteiger partial charge on any atom is 0.220 e. The average molecular weight is 284 g/mol. The fraction of sp³-hybridized carbons (Fsp3) is 0.412. The molecular formula is C17H20N2O2. The van der Waals surface area contributed by atoms with Crippen LogP contribution in [0.4, 0.5) is 0 Å². The second-order valence-electron chi connectivity index (χ2n) is 5.75. The van der Waals surface area contributed by atoms with Crippen LogP contribution < -0.4 is 5.32 Å². The highest BCUT2D eigenvalue weighted by Gasteiger charge is 2.35. The third-order valence-corrected chi connectivity index (χ3v) is 4.23. The first-order valence-corrected chi connectivity index (χ1v) is 7.49. The molecule has 1 aromatic carbocycles. The van der Waals surface area contributed by atoms with Gasteiger partial charge < -0.3 is 10.4 Å². The molecule has 1 heterocycles. The molecule has 1 atom stereocenters. The molecule has 0 saturated heterocycles. The molecule has 0 spiro atoms. The van der Waals surface area contributed by atoms with Crippen molar-refractivity contribution in [3.63, 3.8) is 0 Å². The normalized spacial score (nSPS) is 22.6. The first kappa shape index (κ1) is 14.0. The summed E-state index contributed by atoms with van der Waals surface area (Å²) < 4.78 is 0. The summed E-state index contributed by atoms with van der Waals surface area (Å²) in [5.74, 6) is 0.327. The Labute approximate surface area is 124 Å². The van der Waals surface area contributed by atoms with Gasteiger partial charge in [0.2, 0.25) is 5.91 Å². The van der Waals surface area contributed by atoms with E-state index in [1.54, 1.807) is 0 Å². The standard InChI is InChI=1S/C17H20N2O2/c1-2-16(21)19-17(12-8-14(20)9-12)13-7-11-5-3-4-6-15(11)18-10-13/h3-7,10,12,14,17,20H,2,8-9H2,1H3,(H,19,21)/t12?,14?,17-/m1/s1. The third-order valence-electron chi connectivity index (χ3n) is 4.23. The fourth-order valence-corrected chi connectivity index (χ4v) is 2.91. The van der Waals surface area contributed by atoms with Crippen molar-refractivity contribution in [3.05, 3.63) is 42.1 Å². The van der Waals surface area contributed by atoms with E-state index in [0.717, 1.165) is 29.3 Å². The molecule has 21 heavy (non-hydrogen) atoms. The van der Waals surface area contributed by atoms with Gasteiger partial charge in [0.05, 0.1) is 17.7 Å². The number of benzene rings is 1. The van der Waals surface area contributed by atoms with Gasteiger partial charge in [-0.05, 0) is 36.5 Å². The monoisotopic (exact) mass is 284 g/mol. The van der Waals surface area contributed by atoms with Gasteiger partial charge in [-0.2, -0.15) is 0 Å². The van der Waals surface area contributed by atoms with E-state index in [0.29, 0.717) is 12.3 Å². The van der Waals surface area contributed by atoms with Crippen LogP contribution in [0.25, 0.3) is 10.9 Å². The molecule has 1 amide bonds. The second kappa shape index (κ2) is 5.82. The fourth-order valence-electron chi connectivity index (χ4n) is 2.91. The number of hydrogen-bond donors (Lipinski definition) is 2. The molecule has 1 saturated carbocycles. The predicted molar refractivity (Wildman–Crippen MR) is 81.6 cm³/mol. The Balaban J connectivity index is 1.91. The average Bonchev–Trinajstić information content (AvgIpc) is 2.49. The number of aliphatic hydroxyl groups is 1. The summed E-state index contributed by atoms with van der Waals surface area (Å²) in [7, 11) is 0. The van der Waals surface area contributed by atoms with Crippen LogP contribution in [0, 0.1) is 5.92 Å². The van der Waals surface area contributed by atoms with E-state index in [-0.39, 0.29) is 18.1 Å². The second-order valence-corrected chi connectivity index (χ2v) is 5.75. The summed E-state index contributed by atoms with van der Waals surface area (Å²) >= 11 is 0. The highest BCUT2D eigenvalue weighted by molar-refractivity contribution is 5.79. The molecule has 0 unspecified atom stereocenters. The van der Waals surface area contributed by atoms with Crippen LogP contribution in [0.3, 0.4) is 0 Å². The minimum atomic E-state index is -0.232. The van der Waals surface area contributed by atoms with Gasteiger partial charge in [0, 0.05) is 18.0 Å². The number of aromatic nitrogens is 1. The summed E-state index contributed by atoms with van der Waals surface area (Å²) in [6, 6.07) is 9.99. The molecule has 2 aromatic rings. The van der Waals surface area contributed by atoms with E-state index in [4.69, 9.17) is 0 Å². The van der Waals surface area contributed by atoms with Crippen molar-refractivity contribution in [2.24, 2.45) is 5.92 Å². The molecule has 0 aliphatic heterocycles. The summed E-state index contributed by atoms with van der Waals surface area (Å²) in [6.45, 7) is 1.85. The van der Waals surface area contributed by atoms with Crippen LogP contribution in [-0.4, -0.2) is 22.1 Å². The number of pyridine rings is 1. The highest BCUT2D eigenvalue weighted by atomic mass is 16.3. The summed E-state index contributed by atoms with van der Waals surface area (Å²) in [5.41, 5.74) is 1.97. The Hall–Kier alpha value is -1.94. The maximum absolute atomic E-state index is 11.8. The summed E-state index contributed by atoms with van der Waals surface area (Å²) in [6.07, 6.45) is 3.55. The number of carbonyl (C=O) groups is 1. The van der Waals surface area contributed by atoms with Crippen LogP contribution in [0.15, 0.2) is 36.5 Å². The van der Waals surface area contributed by atoms with Crippen molar-refractivity contribution in [2.75, 3.05) is 0 Å². The highest BCUT2D eigenvalue weighted by Crippen LogP contribution is 2.38. The first-order chi connectivity index (χ1) is 10.2. The molecule has 4 heteroatoms. The van der Waals surface area contributed by atoms with Gasteiger partial charge >= 0.3 is 0 Å². The minimum absolute atomic E-state index is 0.0366. The van der Waals surface area contributed by atoms with Crippen molar-refractivity contribution in [3.8, 4) is 0 Å². The Morgan fingerprint density at radius 2 is 2.19 bits per heavy atom. The van der Waals surface area contributed by atoms with Crippen molar-refractivity contribution >= 4 is 16.8 Å². The number of para-hydroxylation sites is 1. The maximum atomic E-state index is 11.8. The topological polar surface area (TPSA) is 62.2 Å². The molecule has 2 N–H and O–H groups in total. The lowest BCUT2D eigenvalue weighted by atomic mass is 9.75. The van der Waals surface area contributed by atoms with Crippen LogP contribution in [0.2, 0.25) is 0 Å². The van der Waals surface area contributed by atoms with Gasteiger partial charge in [0.25, 0.3) is 0 Å². The molecule has 1 fully saturated rings. The van der Waals surface area contributed by atoms with E-state index in [2.05, 4.69) is 16.4 Å². The van der Waals surface area contributed by atoms with Crippen LogP contribution >= 0.6 is 0 Å². The molecule has 0 bridgehead atoms. The van der Waals surface area contributed by atoms with Gasteiger partial charge in [0.1, 0.15) is 0 Å². The van der Waals surface area contributed by atoms with Gasteiger partial charge in [-0.1, -0.05) is 25.1 Å². The minimum Gasteiger partial charge on any atom is -0.393 e. The molecule has 4 nitrogen and oxygen atoms in total. The van der Waals surface area contributed by atoms with E-state index in [9.17, 15) is 9.90 Å². The lowest BCUT2D eigenvalue weighted by Crippen LogP contribution is -2.41. The zero-order valence-electron chi connectivity index (χ0n) is 12.1.